The number of aromatic nitrogens is 1. The molecule has 0 unspecified atom stereocenters. The molecule has 0 saturated carbocycles. The fraction of sp³-hybridized carbons (Fsp3) is 0.120. The van der Waals surface area contributed by atoms with E-state index in [1.165, 1.54) is 28.0 Å². The van der Waals surface area contributed by atoms with Crippen LogP contribution >= 0.6 is 23.1 Å². The molecule has 1 aromatic heterocycles. The predicted octanol–water partition coefficient (Wildman–Crippen LogP) is 6.03. The van der Waals surface area contributed by atoms with Crippen molar-refractivity contribution in [1.29, 1.82) is 0 Å². The number of benzene rings is 3. The van der Waals surface area contributed by atoms with Gasteiger partial charge in [0.2, 0.25) is 0 Å². The summed E-state index contributed by atoms with van der Waals surface area (Å²) in [5.74, 6) is 0.274. The number of ether oxygens (including phenoxy) is 1. The van der Waals surface area contributed by atoms with Crippen LogP contribution in [0.4, 0.5) is 0 Å². The van der Waals surface area contributed by atoms with E-state index in [4.69, 9.17) is 4.74 Å². The van der Waals surface area contributed by atoms with Crippen LogP contribution in [0.1, 0.15) is 27.2 Å². The molecule has 150 valence electrons. The highest BCUT2D eigenvalue weighted by molar-refractivity contribution is 8.00. The Morgan fingerprint density at radius 3 is 1.77 bits per heavy atom. The summed E-state index contributed by atoms with van der Waals surface area (Å²) in [6.45, 7) is 0.315. The SMILES string of the molecule is O=C(OCCSC(c1ccccc1)(c1ccccc1)c1ccccc1)c1cscn1. The maximum absolute atomic E-state index is 12.2. The van der Waals surface area contributed by atoms with E-state index < -0.39 is 4.75 Å². The quantitative estimate of drug-likeness (QED) is 0.194. The fourth-order valence-corrected chi connectivity index (χ4v) is 5.39. The second kappa shape index (κ2) is 9.74. The normalized spacial score (nSPS) is 11.2. The highest BCUT2D eigenvalue weighted by atomic mass is 32.2. The Labute approximate surface area is 184 Å². The van der Waals surface area contributed by atoms with Gasteiger partial charge in [-0.3, -0.25) is 0 Å². The molecule has 1 heterocycles. The van der Waals surface area contributed by atoms with Gasteiger partial charge in [-0.15, -0.1) is 23.1 Å². The molecule has 4 rings (SSSR count). The van der Waals surface area contributed by atoms with Crippen molar-refractivity contribution in [1.82, 2.24) is 4.98 Å². The van der Waals surface area contributed by atoms with Crippen LogP contribution in [-0.2, 0) is 9.48 Å². The predicted molar refractivity (Wildman–Crippen MR) is 124 cm³/mol. The number of carbonyl (C=O) groups is 1. The zero-order valence-electron chi connectivity index (χ0n) is 16.3. The number of carbonyl (C=O) groups excluding carboxylic acids is 1. The van der Waals surface area contributed by atoms with Gasteiger partial charge in [0.05, 0.1) is 10.3 Å². The molecular formula is C25H21NO2S2. The van der Waals surface area contributed by atoms with Crippen molar-refractivity contribution < 1.29 is 9.53 Å². The molecule has 4 aromatic rings. The second-order valence-corrected chi connectivity index (χ2v) is 8.67. The van der Waals surface area contributed by atoms with Gasteiger partial charge >= 0.3 is 5.97 Å². The van der Waals surface area contributed by atoms with E-state index in [-0.39, 0.29) is 5.97 Å². The Bertz CT molecular complexity index is 956. The van der Waals surface area contributed by atoms with Gasteiger partial charge in [-0.1, -0.05) is 91.0 Å². The summed E-state index contributed by atoms with van der Waals surface area (Å²) in [6, 6.07) is 31.5. The minimum absolute atomic E-state index is 0.315. The van der Waals surface area contributed by atoms with Crippen molar-refractivity contribution in [3.63, 3.8) is 0 Å². The lowest BCUT2D eigenvalue weighted by molar-refractivity contribution is 0.0524. The van der Waals surface area contributed by atoms with Crippen molar-refractivity contribution in [2.24, 2.45) is 0 Å². The van der Waals surface area contributed by atoms with Gasteiger partial charge in [0, 0.05) is 11.1 Å². The molecule has 3 aromatic carbocycles. The molecule has 5 heteroatoms. The number of nitrogens with zero attached hydrogens (tertiary/aromatic N) is 1. The molecule has 0 aliphatic heterocycles. The summed E-state index contributed by atoms with van der Waals surface area (Å²) < 4.78 is 5.07. The standard InChI is InChI=1S/C25H21NO2S2/c27-24(23-18-29-19-26-23)28-16-17-30-25(20-10-4-1-5-11-20,21-12-6-2-7-13-21)22-14-8-3-9-15-22/h1-15,18-19H,16-17H2. The number of hydrogen-bond acceptors (Lipinski definition) is 5. The number of rotatable bonds is 8. The number of esters is 1. The molecular weight excluding hydrogens is 410 g/mol. The average molecular weight is 432 g/mol. The fourth-order valence-electron chi connectivity index (χ4n) is 3.48. The molecule has 0 spiro atoms. The van der Waals surface area contributed by atoms with E-state index in [0.717, 1.165) is 0 Å². The molecule has 0 aliphatic rings. The van der Waals surface area contributed by atoms with Crippen molar-refractivity contribution in [2.45, 2.75) is 4.75 Å². The first-order valence-corrected chi connectivity index (χ1v) is 11.6. The monoisotopic (exact) mass is 431 g/mol. The Morgan fingerprint density at radius 1 is 0.833 bits per heavy atom. The van der Waals surface area contributed by atoms with Gasteiger partial charge < -0.3 is 4.74 Å². The first kappa shape index (κ1) is 20.4. The minimum atomic E-state index is -0.406. The molecule has 0 atom stereocenters. The lowest BCUT2D eigenvalue weighted by Crippen LogP contribution is -2.27. The Hall–Kier alpha value is -2.89. The van der Waals surface area contributed by atoms with Crippen LogP contribution in [0, 0.1) is 0 Å². The third kappa shape index (κ3) is 4.32. The van der Waals surface area contributed by atoms with Gasteiger partial charge in [0.25, 0.3) is 0 Å². The lowest BCUT2D eigenvalue weighted by atomic mass is 9.84. The van der Waals surface area contributed by atoms with E-state index in [1.807, 2.05) is 18.2 Å². The van der Waals surface area contributed by atoms with Crippen LogP contribution in [-0.4, -0.2) is 23.3 Å². The highest BCUT2D eigenvalue weighted by Crippen LogP contribution is 2.48. The van der Waals surface area contributed by atoms with Crippen LogP contribution in [0.5, 0.6) is 0 Å². The van der Waals surface area contributed by atoms with Crippen LogP contribution in [0.25, 0.3) is 0 Å². The van der Waals surface area contributed by atoms with E-state index in [2.05, 4.69) is 77.8 Å². The largest absolute Gasteiger partial charge is 0.460 e. The van der Waals surface area contributed by atoms with E-state index >= 15 is 0 Å². The molecule has 0 radical (unpaired) electrons. The van der Waals surface area contributed by atoms with Crippen molar-refractivity contribution in [3.05, 3.63) is 124 Å². The third-order valence-electron chi connectivity index (χ3n) is 4.82. The van der Waals surface area contributed by atoms with Gasteiger partial charge in [-0.05, 0) is 16.7 Å². The first-order valence-electron chi connectivity index (χ1n) is 9.66. The number of thiazole rings is 1. The Balaban J connectivity index is 1.65. The van der Waals surface area contributed by atoms with Crippen LogP contribution < -0.4 is 0 Å². The highest BCUT2D eigenvalue weighted by Gasteiger charge is 2.36. The Kier molecular flexibility index (Phi) is 6.62. The molecule has 0 amide bonds. The van der Waals surface area contributed by atoms with Crippen LogP contribution in [0.15, 0.2) is 102 Å². The minimum Gasteiger partial charge on any atom is -0.460 e. The summed E-state index contributed by atoms with van der Waals surface area (Å²) in [6.07, 6.45) is 0. The van der Waals surface area contributed by atoms with Gasteiger partial charge in [0.1, 0.15) is 6.61 Å². The zero-order chi connectivity index (χ0) is 20.7. The summed E-state index contributed by atoms with van der Waals surface area (Å²) in [7, 11) is 0. The van der Waals surface area contributed by atoms with Crippen molar-refractivity contribution in [3.8, 4) is 0 Å². The number of thioether (sulfide) groups is 1. The molecule has 0 bridgehead atoms. The van der Waals surface area contributed by atoms with Crippen molar-refractivity contribution >= 4 is 29.1 Å². The lowest BCUT2D eigenvalue weighted by Gasteiger charge is -2.35. The molecule has 0 aliphatic carbocycles. The molecule has 30 heavy (non-hydrogen) atoms. The third-order valence-corrected chi connectivity index (χ3v) is 6.91. The first-order chi connectivity index (χ1) is 14.8. The molecule has 0 N–H and O–H groups in total. The molecule has 0 fully saturated rings. The molecule has 3 nitrogen and oxygen atoms in total. The zero-order valence-corrected chi connectivity index (χ0v) is 17.9. The summed E-state index contributed by atoms with van der Waals surface area (Å²) in [5.41, 5.74) is 5.58. The average Bonchev–Trinajstić information content (AvgIpc) is 3.36. The maximum Gasteiger partial charge on any atom is 0.357 e. The Morgan fingerprint density at radius 2 is 1.33 bits per heavy atom. The van der Waals surface area contributed by atoms with Crippen LogP contribution in [0.3, 0.4) is 0 Å². The van der Waals surface area contributed by atoms with Gasteiger partial charge in [0.15, 0.2) is 5.69 Å². The number of hydrogen-bond donors (Lipinski definition) is 0. The summed E-state index contributed by atoms with van der Waals surface area (Å²) in [4.78, 5) is 16.2. The smallest absolute Gasteiger partial charge is 0.357 e. The van der Waals surface area contributed by atoms with Gasteiger partial charge in [-0.25, -0.2) is 9.78 Å². The van der Waals surface area contributed by atoms with E-state index in [9.17, 15) is 4.79 Å². The topological polar surface area (TPSA) is 39.2 Å². The van der Waals surface area contributed by atoms with E-state index in [0.29, 0.717) is 18.1 Å². The van der Waals surface area contributed by atoms with E-state index in [1.54, 1.807) is 22.7 Å². The van der Waals surface area contributed by atoms with Gasteiger partial charge in [-0.2, -0.15) is 0 Å². The van der Waals surface area contributed by atoms with Crippen molar-refractivity contribution in [2.75, 3.05) is 12.4 Å². The summed E-state index contributed by atoms with van der Waals surface area (Å²) >= 11 is 3.16. The maximum atomic E-state index is 12.2. The second-order valence-electron chi connectivity index (χ2n) is 6.64. The molecule has 0 saturated heterocycles. The van der Waals surface area contributed by atoms with Crippen LogP contribution in [0.2, 0.25) is 0 Å². The summed E-state index contributed by atoms with van der Waals surface area (Å²) in [5, 5.41) is 1.71.